The van der Waals surface area contributed by atoms with Crippen LogP contribution in [0.5, 0.6) is 0 Å². The fourth-order valence-electron chi connectivity index (χ4n) is 1.14. The molecule has 0 aliphatic carbocycles. The number of aliphatic carboxylic acids is 2. The molecule has 9 heteroatoms. The molecule has 2 N–H and O–H groups in total. The van der Waals surface area contributed by atoms with Crippen LogP contribution in [0.25, 0.3) is 0 Å². The number of hydrogen-bond donors (Lipinski definition) is 2. The van der Waals surface area contributed by atoms with Crippen LogP contribution in [0.3, 0.4) is 0 Å². The van der Waals surface area contributed by atoms with Gasteiger partial charge in [0.2, 0.25) is 0 Å². The Bertz CT molecular complexity index is 414. The highest BCUT2D eigenvalue weighted by molar-refractivity contribution is 5.76. The van der Waals surface area contributed by atoms with Crippen molar-refractivity contribution in [3.63, 3.8) is 0 Å². The predicted octanol–water partition coefficient (Wildman–Crippen LogP) is 0.903. The molecule has 0 bridgehead atoms. The van der Waals surface area contributed by atoms with Crippen LogP contribution in [0.4, 0.5) is 0 Å². The van der Waals surface area contributed by atoms with Crippen molar-refractivity contribution in [1.82, 2.24) is 0 Å². The molecule has 0 aromatic heterocycles. The number of carboxylic acid groups (broad SMARTS) is 2. The summed E-state index contributed by atoms with van der Waals surface area (Å²) in [7, 11) is 0. The average molecular weight is 320 g/mol. The summed E-state index contributed by atoms with van der Waals surface area (Å²) in [5.41, 5.74) is -0.939. The van der Waals surface area contributed by atoms with E-state index in [4.69, 9.17) is 19.8 Å². The minimum absolute atomic E-state index is 0.0296. The maximum atomic E-state index is 11.2. The lowest BCUT2D eigenvalue weighted by atomic mass is 10.1. The normalized spacial score (nSPS) is 10.8. The molecule has 0 aromatic rings. The van der Waals surface area contributed by atoms with Gasteiger partial charge in [-0.3, -0.25) is 19.3 Å². The van der Waals surface area contributed by atoms with E-state index in [-0.39, 0.29) is 38.7 Å². The molecule has 0 fully saturated rings. The largest absolute Gasteiger partial charge is 0.481 e. The lowest BCUT2D eigenvalue weighted by Gasteiger charge is -2.22. The lowest BCUT2D eigenvalue weighted by Crippen LogP contribution is -2.28. The Hall–Kier alpha value is -2.16. The van der Waals surface area contributed by atoms with Crippen molar-refractivity contribution >= 4 is 23.9 Å². The molecule has 0 unspecified atom stereocenters. The first-order chi connectivity index (χ1) is 10.1. The number of hydrogen-bond acceptors (Lipinski definition) is 7. The summed E-state index contributed by atoms with van der Waals surface area (Å²) in [6.07, 6.45) is -0.988. The first kappa shape index (κ1) is 19.8. The Morgan fingerprint density at radius 2 is 1.36 bits per heavy atom. The van der Waals surface area contributed by atoms with Crippen LogP contribution >= 0.6 is 0 Å². The SMILES string of the molecule is CC(C)(CCOC(=O)CCC(=O)O)OOC(=O)CCC(=O)O. The van der Waals surface area contributed by atoms with Gasteiger partial charge < -0.3 is 14.9 Å². The maximum absolute atomic E-state index is 11.2. The summed E-state index contributed by atoms with van der Waals surface area (Å²) in [6.45, 7) is 3.14. The van der Waals surface area contributed by atoms with E-state index < -0.39 is 29.5 Å². The van der Waals surface area contributed by atoms with Gasteiger partial charge in [0.25, 0.3) is 0 Å². The summed E-state index contributed by atoms with van der Waals surface area (Å²) in [5, 5.41) is 16.8. The van der Waals surface area contributed by atoms with Crippen molar-refractivity contribution < 1.29 is 43.9 Å². The van der Waals surface area contributed by atoms with Crippen molar-refractivity contribution in [1.29, 1.82) is 0 Å². The van der Waals surface area contributed by atoms with Crippen molar-refractivity contribution in [3.05, 3.63) is 0 Å². The standard InChI is InChI=1S/C13H20O9/c1-13(2,22-21-12(19)6-4-10(16)17)7-8-20-11(18)5-3-9(14)15/h3-8H2,1-2H3,(H,14,15)(H,16,17). The Balaban J connectivity index is 3.89. The second-order valence-corrected chi connectivity index (χ2v) is 5.06. The number of esters is 1. The number of ether oxygens (including phenoxy) is 1. The van der Waals surface area contributed by atoms with Crippen LogP contribution in [0, 0.1) is 0 Å². The Morgan fingerprint density at radius 3 is 1.86 bits per heavy atom. The van der Waals surface area contributed by atoms with Crippen LogP contribution in [0.2, 0.25) is 0 Å². The van der Waals surface area contributed by atoms with Crippen molar-refractivity contribution in [2.24, 2.45) is 0 Å². The average Bonchev–Trinajstić information content (AvgIpc) is 2.40. The lowest BCUT2D eigenvalue weighted by molar-refractivity contribution is -0.327. The van der Waals surface area contributed by atoms with Crippen LogP contribution in [0.15, 0.2) is 0 Å². The van der Waals surface area contributed by atoms with Crippen LogP contribution < -0.4 is 0 Å². The van der Waals surface area contributed by atoms with Gasteiger partial charge in [-0.25, -0.2) is 4.79 Å². The molecule has 22 heavy (non-hydrogen) atoms. The van der Waals surface area contributed by atoms with E-state index in [0.717, 1.165) is 0 Å². The quantitative estimate of drug-likeness (QED) is 0.323. The third-order valence-corrected chi connectivity index (χ3v) is 2.41. The summed E-state index contributed by atoms with van der Waals surface area (Å²) < 4.78 is 4.81. The third kappa shape index (κ3) is 11.6. The topological polar surface area (TPSA) is 136 Å². The van der Waals surface area contributed by atoms with Crippen LogP contribution in [0.1, 0.15) is 46.0 Å². The van der Waals surface area contributed by atoms with E-state index >= 15 is 0 Å². The molecular formula is C13H20O9. The zero-order chi connectivity index (χ0) is 17.2. The molecule has 126 valence electrons. The van der Waals surface area contributed by atoms with Gasteiger partial charge in [0.05, 0.1) is 32.3 Å². The van der Waals surface area contributed by atoms with Gasteiger partial charge in [-0.2, -0.15) is 4.89 Å². The van der Waals surface area contributed by atoms with E-state index in [0.29, 0.717) is 0 Å². The van der Waals surface area contributed by atoms with Crippen LogP contribution in [-0.4, -0.2) is 46.3 Å². The molecule has 0 radical (unpaired) electrons. The molecular weight excluding hydrogens is 300 g/mol. The predicted molar refractivity (Wildman–Crippen MR) is 70.6 cm³/mol. The minimum atomic E-state index is -1.12. The summed E-state index contributed by atoms with van der Waals surface area (Å²) in [5.74, 6) is -3.66. The molecule has 0 amide bonds. The number of carbonyl (C=O) groups excluding carboxylic acids is 2. The van der Waals surface area contributed by atoms with E-state index in [1.165, 1.54) is 0 Å². The molecule has 0 saturated heterocycles. The first-order valence-electron chi connectivity index (χ1n) is 6.60. The van der Waals surface area contributed by atoms with Crippen molar-refractivity contribution in [2.45, 2.75) is 51.6 Å². The van der Waals surface area contributed by atoms with Gasteiger partial charge in [0, 0.05) is 6.42 Å². The van der Waals surface area contributed by atoms with E-state index in [1.54, 1.807) is 13.8 Å². The van der Waals surface area contributed by atoms with Crippen molar-refractivity contribution in [2.75, 3.05) is 6.61 Å². The number of carboxylic acids is 2. The maximum Gasteiger partial charge on any atom is 0.342 e. The molecule has 0 aromatic carbocycles. The Morgan fingerprint density at radius 1 is 0.864 bits per heavy atom. The zero-order valence-electron chi connectivity index (χ0n) is 12.5. The van der Waals surface area contributed by atoms with Gasteiger partial charge >= 0.3 is 23.9 Å². The molecule has 9 nitrogen and oxygen atoms in total. The zero-order valence-corrected chi connectivity index (χ0v) is 12.5. The van der Waals surface area contributed by atoms with E-state index in [1.807, 2.05) is 0 Å². The highest BCUT2D eigenvalue weighted by Gasteiger charge is 2.23. The summed E-state index contributed by atoms with van der Waals surface area (Å²) in [6, 6.07) is 0. The number of carbonyl (C=O) groups is 4. The molecule has 0 atom stereocenters. The smallest absolute Gasteiger partial charge is 0.342 e. The van der Waals surface area contributed by atoms with Gasteiger partial charge in [0.1, 0.15) is 5.60 Å². The third-order valence-electron chi connectivity index (χ3n) is 2.41. The number of rotatable bonds is 11. The molecule has 0 aliphatic rings. The summed E-state index contributed by atoms with van der Waals surface area (Å²) >= 11 is 0. The van der Waals surface area contributed by atoms with Gasteiger partial charge in [-0.05, 0) is 13.8 Å². The Kier molecular flexibility index (Phi) is 8.76. The second kappa shape index (κ2) is 9.72. The first-order valence-corrected chi connectivity index (χ1v) is 6.60. The monoisotopic (exact) mass is 320 g/mol. The van der Waals surface area contributed by atoms with Crippen molar-refractivity contribution in [3.8, 4) is 0 Å². The van der Waals surface area contributed by atoms with Gasteiger partial charge in [-0.15, -0.1) is 0 Å². The fraction of sp³-hybridized carbons (Fsp3) is 0.692. The fourth-order valence-corrected chi connectivity index (χ4v) is 1.14. The van der Waals surface area contributed by atoms with E-state index in [9.17, 15) is 19.2 Å². The van der Waals surface area contributed by atoms with E-state index in [2.05, 4.69) is 4.89 Å². The van der Waals surface area contributed by atoms with Crippen LogP contribution in [-0.2, 0) is 33.7 Å². The van der Waals surface area contributed by atoms with Gasteiger partial charge in [0.15, 0.2) is 0 Å². The summed E-state index contributed by atoms with van der Waals surface area (Å²) in [4.78, 5) is 52.2. The molecule has 0 aliphatic heterocycles. The Labute approximate surface area is 127 Å². The minimum Gasteiger partial charge on any atom is -0.481 e. The second-order valence-electron chi connectivity index (χ2n) is 5.06. The highest BCUT2D eigenvalue weighted by atomic mass is 17.2. The molecule has 0 saturated carbocycles. The molecule has 0 spiro atoms. The van der Waals surface area contributed by atoms with Gasteiger partial charge in [-0.1, -0.05) is 0 Å². The molecule has 0 rings (SSSR count). The highest BCUT2D eigenvalue weighted by Crippen LogP contribution is 2.15. The molecule has 0 heterocycles.